The molecule has 0 bridgehead atoms. The number of aromatic nitrogens is 2. The lowest BCUT2D eigenvalue weighted by atomic mass is 10.1. The second-order valence-electron chi connectivity index (χ2n) is 7.71. The predicted octanol–water partition coefficient (Wildman–Crippen LogP) is 6.74. The zero-order valence-electron chi connectivity index (χ0n) is 18.0. The van der Waals surface area contributed by atoms with Crippen molar-refractivity contribution in [2.75, 3.05) is 6.61 Å². The Bertz CT molecular complexity index is 1150. The standard InChI is InChI=1S/C26H27ClN2O2/c1-19-9-12-23(17-20(19)2)30-16-6-5-15-29-25-8-4-3-7-24(25)28-26(29)18-31-22-13-10-21(27)11-14-22/h3-4,7-14,17H,5-6,15-16,18H2,1-2H3. The Labute approximate surface area is 188 Å². The van der Waals surface area contributed by atoms with E-state index in [1.807, 2.05) is 48.5 Å². The summed E-state index contributed by atoms with van der Waals surface area (Å²) < 4.78 is 14.1. The third kappa shape index (κ3) is 5.39. The molecule has 0 saturated heterocycles. The summed E-state index contributed by atoms with van der Waals surface area (Å²) in [4.78, 5) is 4.79. The van der Waals surface area contributed by atoms with Crippen molar-refractivity contribution in [3.63, 3.8) is 0 Å². The van der Waals surface area contributed by atoms with Gasteiger partial charge in [0, 0.05) is 11.6 Å². The van der Waals surface area contributed by atoms with Gasteiger partial charge in [0.15, 0.2) is 0 Å². The monoisotopic (exact) mass is 434 g/mol. The number of fused-ring (bicyclic) bond motifs is 1. The van der Waals surface area contributed by atoms with Gasteiger partial charge in [-0.1, -0.05) is 29.8 Å². The lowest BCUT2D eigenvalue weighted by Gasteiger charge is -2.12. The number of imidazole rings is 1. The van der Waals surface area contributed by atoms with Gasteiger partial charge in [-0.3, -0.25) is 0 Å². The molecule has 5 heteroatoms. The number of aryl methyl sites for hydroxylation is 3. The van der Waals surface area contributed by atoms with E-state index < -0.39 is 0 Å². The minimum Gasteiger partial charge on any atom is -0.494 e. The van der Waals surface area contributed by atoms with Crippen molar-refractivity contribution in [2.45, 2.75) is 39.8 Å². The molecule has 3 aromatic carbocycles. The van der Waals surface area contributed by atoms with Crippen LogP contribution in [0.25, 0.3) is 11.0 Å². The summed E-state index contributed by atoms with van der Waals surface area (Å²) in [6, 6.07) is 21.9. The highest BCUT2D eigenvalue weighted by molar-refractivity contribution is 6.30. The zero-order valence-corrected chi connectivity index (χ0v) is 18.7. The number of nitrogens with zero attached hydrogens (tertiary/aromatic N) is 2. The van der Waals surface area contributed by atoms with Crippen molar-refractivity contribution < 1.29 is 9.47 Å². The number of ether oxygens (including phenoxy) is 2. The third-order valence-corrected chi connectivity index (χ3v) is 5.69. The van der Waals surface area contributed by atoms with Crippen molar-refractivity contribution >= 4 is 22.6 Å². The molecule has 0 atom stereocenters. The van der Waals surface area contributed by atoms with Gasteiger partial charge in [-0.2, -0.15) is 0 Å². The third-order valence-electron chi connectivity index (χ3n) is 5.44. The van der Waals surface area contributed by atoms with Crippen molar-refractivity contribution in [1.29, 1.82) is 0 Å². The zero-order chi connectivity index (χ0) is 21.6. The van der Waals surface area contributed by atoms with E-state index in [0.29, 0.717) is 18.2 Å². The largest absolute Gasteiger partial charge is 0.494 e. The van der Waals surface area contributed by atoms with Gasteiger partial charge in [0.05, 0.1) is 17.6 Å². The van der Waals surface area contributed by atoms with Crippen LogP contribution in [-0.2, 0) is 13.2 Å². The molecule has 4 aromatic rings. The lowest BCUT2D eigenvalue weighted by Crippen LogP contribution is -2.09. The van der Waals surface area contributed by atoms with Crippen LogP contribution in [0.2, 0.25) is 5.02 Å². The summed E-state index contributed by atoms with van der Waals surface area (Å²) in [5, 5.41) is 0.697. The SMILES string of the molecule is Cc1ccc(OCCCCn2c(COc3ccc(Cl)cc3)nc3ccccc32)cc1C. The molecule has 0 aliphatic carbocycles. The first kappa shape index (κ1) is 21.3. The topological polar surface area (TPSA) is 36.3 Å². The number of benzene rings is 3. The fourth-order valence-electron chi connectivity index (χ4n) is 3.53. The van der Waals surface area contributed by atoms with Crippen LogP contribution in [0.3, 0.4) is 0 Å². The summed E-state index contributed by atoms with van der Waals surface area (Å²) in [7, 11) is 0. The number of hydrogen-bond donors (Lipinski definition) is 0. The van der Waals surface area contributed by atoms with Crippen molar-refractivity contribution in [3.8, 4) is 11.5 Å². The summed E-state index contributed by atoms with van der Waals surface area (Å²) in [6.45, 7) is 6.21. The first-order valence-electron chi connectivity index (χ1n) is 10.6. The van der Waals surface area contributed by atoms with Crippen LogP contribution < -0.4 is 9.47 Å². The molecule has 1 aromatic heterocycles. The smallest absolute Gasteiger partial charge is 0.147 e. The highest BCUT2D eigenvalue weighted by atomic mass is 35.5. The molecule has 0 aliphatic heterocycles. The molecule has 0 radical (unpaired) electrons. The fourth-order valence-corrected chi connectivity index (χ4v) is 3.66. The van der Waals surface area contributed by atoms with E-state index in [1.54, 1.807) is 0 Å². The highest BCUT2D eigenvalue weighted by Gasteiger charge is 2.11. The van der Waals surface area contributed by atoms with Crippen LogP contribution in [0.15, 0.2) is 66.7 Å². The summed E-state index contributed by atoms with van der Waals surface area (Å²) in [6.07, 6.45) is 1.97. The minimum atomic E-state index is 0.412. The molecule has 1 heterocycles. The highest BCUT2D eigenvalue weighted by Crippen LogP contribution is 2.21. The van der Waals surface area contributed by atoms with E-state index in [4.69, 9.17) is 26.1 Å². The molecule has 0 aliphatic rings. The number of para-hydroxylation sites is 2. The molecule has 31 heavy (non-hydrogen) atoms. The van der Waals surface area contributed by atoms with Crippen LogP contribution in [0.5, 0.6) is 11.5 Å². The molecular formula is C26H27ClN2O2. The molecule has 4 nitrogen and oxygen atoms in total. The van der Waals surface area contributed by atoms with E-state index >= 15 is 0 Å². The summed E-state index contributed by atoms with van der Waals surface area (Å²) in [5.74, 6) is 2.64. The molecular weight excluding hydrogens is 408 g/mol. The lowest BCUT2D eigenvalue weighted by molar-refractivity contribution is 0.285. The Morgan fingerprint density at radius 2 is 1.61 bits per heavy atom. The maximum atomic E-state index is 5.96. The molecule has 0 amide bonds. The maximum Gasteiger partial charge on any atom is 0.147 e. The molecule has 0 saturated carbocycles. The van der Waals surface area contributed by atoms with Gasteiger partial charge in [0.1, 0.15) is 23.9 Å². The van der Waals surface area contributed by atoms with E-state index in [-0.39, 0.29) is 0 Å². The number of rotatable bonds is 9. The van der Waals surface area contributed by atoms with Gasteiger partial charge >= 0.3 is 0 Å². The fraction of sp³-hybridized carbons (Fsp3) is 0.269. The second kappa shape index (κ2) is 9.88. The normalized spacial score (nSPS) is 11.1. The van der Waals surface area contributed by atoms with Gasteiger partial charge in [-0.25, -0.2) is 4.98 Å². The molecule has 0 N–H and O–H groups in total. The van der Waals surface area contributed by atoms with E-state index in [1.165, 1.54) is 11.1 Å². The Morgan fingerprint density at radius 3 is 2.42 bits per heavy atom. The second-order valence-corrected chi connectivity index (χ2v) is 8.15. The molecule has 0 fully saturated rings. The van der Waals surface area contributed by atoms with Crippen LogP contribution in [0, 0.1) is 13.8 Å². The average molecular weight is 435 g/mol. The van der Waals surface area contributed by atoms with Gasteiger partial charge in [-0.05, 0) is 86.3 Å². The maximum absolute atomic E-state index is 5.96. The Kier molecular flexibility index (Phi) is 6.78. The number of hydrogen-bond acceptors (Lipinski definition) is 3. The minimum absolute atomic E-state index is 0.412. The van der Waals surface area contributed by atoms with Crippen molar-refractivity contribution in [2.24, 2.45) is 0 Å². The predicted molar refractivity (Wildman–Crippen MR) is 126 cm³/mol. The summed E-state index contributed by atoms with van der Waals surface area (Å²) in [5.41, 5.74) is 4.66. The van der Waals surface area contributed by atoms with E-state index in [9.17, 15) is 0 Å². The Balaban J connectivity index is 1.37. The van der Waals surface area contributed by atoms with E-state index in [2.05, 4.69) is 36.6 Å². The summed E-state index contributed by atoms with van der Waals surface area (Å²) >= 11 is 5.96. The molecule has 0 unspecified atom stereocenters. The van der Waals surface area contributed by atoms with E-state index in [0.717, 1.165) is 47.7 Å². The van der Waals surface area contributed by atoms with Crippen LogP contribution in [0.1, 0.15) is 29.8 Å². The van der Waals surface area contributed by atoms with Gasteiger partial charge in [0.2, 0.25) is 0 Å². The Hall–Kier alpha value is -2.98. The van der Waals surface area contributed by atoms with Gasteiger partial charge in [-0.15, -0.1) is 0 Å². The average Bonchev–Trinajstić information content (AvgIpc) is 3.13. The Morgan fingerprint density at radius 1 is 0.839 bits per heavy atom. The molecule has 4 rings (SSSR count). The van der Waals surface area contributed by atoms with Crippen LogP contribution >= 0.6 is 11.6 Å². The first-order chi connectivity index (χ1) is 15.1. The van der Waals surface area contributed by atoms with Crippen LogP contribution in [0.4, 0.5) is 0 Å². The van der Waals surface area contributed by atoms with Crippen molar-refractivity contribution in [3.05, 3.63) is 88.7 Å². The molecule has 160 valence electrons. The number of halogens is 1. The van der Waals surface area contributed by atoms with Crippen LogP contribution in [-0.4, -0.2) is 16.2 Å². The van der Waals surface area contributed by atoms with Gasteiger partial charge < -0.3 is 14.0 Å². The number of unbranched alkanes of at least 4 members (excludes halogenated alkanes) is 1. The quantitative estimate of drug-likeness (QED) is 0.273. The molecule has 0 spiro atoms. The van der Waals surface area contributed by atoms with Gasteiger partial charge in [0.25, 0.3) is 0 Å². The van der Waals surface area contributed by atoms with Crippen molar-refractivity contribution in [1.82, 2.24) is 9.55 Å². The first-order valence-corrected chi connectivity index (χ1v) is 11.0.